The molecule has 0 bridgehead atoms. The fourth-order valence-corrected chi connectivity index (χ4v) is 3.74. The van der Waals surface area contributed by atoms with Crippen molar-refractivity contribution in [2.45, 2.75) is 97.6 Å². The molecule has 28 heavy (non-hydrogen) atoms. The molecule has 1 aromatic heterocycles. The summed E-state index contributed by atoms with van der Waals surface area (Å²) in [6.45, 7) is 10.0. The summed E-state index contributed by atoms with van der Waals surface area (Å²) in [5, 5.41) is 8.77. The van der Waals surface area contributed by atoms with Crippen molar-refractivity contribution in [3.63, 3.8) is 0 Å². The number of benzene rings is 1. The van der Waals surface area contributed by atoms with E-state index < -0.39 is 0 Å². The molecule has 4 heteroatoms. The lowest BCUT2D eigenvalue weighted by atomic mass is 10.1. The molecule has 158 valence electrons. The lowest BCUT2D eigenvalue weighted by Crippen LogP contribution is -2.34. The highest BCUT2D eigenvalue weighted by Gasteiger charge is 2.20. The van der Waals surface area contributed by atoms with E-state index in [2.05, 4.69) is 61.4 Å². The first kappa shape index (κ1) is 22.7. The minimum atomic E-state index is 0.341. The summed E-state index contributed by atoms with van der Waals surface area (Å²) >= 11 is 0. The Hall–Kier alpha value is -1.55. The summed E-state index contributed by atoms with van der Waals surface area (Å²) in [4.78, 5) is 0. The van der Waals surface area contributed by atoms with Crippen LogP contribution in [0.25, 0.3) is 11.0 Å². The maximum absolute atomic E-state index is 8.77. The van der Waals surface area contributed by atoms with Crippen LogP contribution >= 0.6 is 0 Å². The van der Waals surface area contributed by atoms with Gasteiger partial charge in [-0.3, -0.25) is 0 Å². The Labute approximate surface area is 171 Å². The Kier molecular flexibility index (Phi) is 9.83. The molecule has 0 amide bonds. The predicted molar refractivity (Wildman–Crippen MR) is 117 cm³/mol. The summed E-state index contributed by atoms with van der Waals surface area (Å²) in [6, 6.07) is 7.38. The van der Waals surface area contributed by atoms with Gasteiger partial charge in [0.1, 0.15) is 5.75 Å². The summed E-state index contributed by atoms with van der Waals surface area (Å²) in [5.41, 5.74) is 2.53. The van der Waals surface area contributed by atoms with Crippen molar-refractivity contribution in [2.24, 2.45) is 0 Å². The predicted octanol–water partition coefficient (Wildman–Crippen LogP) is 5.97. The molecule has 0 fully saturated rings. The van der Waals surface area contributed by atoms with Gasteiger partial charge in [-0.05, 0) is 52.7 Å². The number of nitrogens with zero attached hydrogens (tertiary/aromatic N) is 2. The highest BCUT2D eigenvalue weighted by Crippen LogP contribution is 2.23. The Balaban J connectivity index is 1.74. The summed E-state index contributed by atoms with van der Waals surface area (Å²) in [7, 11) is 0. The van der Waals surface area contributed by atoms with E-state index >= 15 is 0 Å². The van der Waals surface area contributed by atoms with Gasteiger partial charge in [0.15, 0.2) is 11.0 Å². The van der Waals surface area contributed by atoms with Crippen molar-refractivity contribution < 1.29 is 14.4 Å². The molecule has 0 atom stereocenters. The third-order valence-electron chi connectivity index (χ3n) is 5.44. The van der Waals surface area contributed by atoms with Gasteiger partial charge in [0.2, 0.25) is 6.33 Å². The molecule has 1 aromatic carbocycles. The minimum Gasteiger partial charge on any atom is -0.493 e. The first-order chi connectivity index (χ1) is 13.5. The van der Waals surface area contributed by atoms with Gasteiger partial charge in [0.05, 0.1) is 18.7 Å². The van der Waals surface area contributed by atoms with Crippen LogP contribution in [0.1, 0.15) is 97.6 Å². The minimum absolute atomic E-state index is 0.341. The van der Waals surface area contributed by atoms with Crippen molar-refractivity contribution in [3.8, 4) is 5.75 Å². The van der Waals surface area contributed by atoms with E-state index in [4.69, 9.17) is 9.84 Å². The van der Waals surface area contributed by atoms with E-state index in [0.29, 0.717) is 18.7 Å². The second kappa shape index (κ2) is 12.1. The lowest BCUT2D eigenvalue weighted by Gasteiger charge is -2.07. The monoisotopic (exact) mass is 389 g/mol. The van der Waals surface area contributed by atoms with Crippen LogP contribution in [-0.4, -0.2) is 22.9 Å². The van der Waals surface area contributed by atoms with Gasteiger partial charge in [-0.2, -0.15) is 0 Å². The zero-order valence-electron chi connectivity index (χ0n) is 18.5. The average molecular weight is 390 g/mol. The first-order valence-electron chi connectivity index (χ1n) is 11.3. The van der Waals surface area contributed by atoms with E-state index in [1.54, 1.807) is 0 Å². The van der Waals surface area contributed by atoms with Crippen LogP contribution in [0, 0.1) is 0 Å². The number of hydrogen-bond donors (Lipinski definition) is 1. The number of aromatic nitrogens is 2. The molecule has 2 aromatic rings. The fraction of sp³-hybridized carbons (Fsp3) is 0.708. The molecule has 2 rings (SSSR count). The molecule has 0 aliphatic heterocycles. The van der Waals surface area contributed by atoms with Crippen LogP contribution in [0.15, 0.2) is 24.5 Å². The summed E-state index contributed by atoms with van der Waals surface area (Å²) in [6.07, 6.45) is 13.3. The molecule has 0 saturated heterocycles. The van der Waals surface area contributed by atoms with E-state index in [1.165, 1.54) is 56.0 Å². The summed E-state index contributed by atoms with van der Waals surface area (Å²) < 4.78 is 10.7. The van der Waals surface area contributed by atoms with Crippen molar-refractivity contribution >= 4 is 11.0 Å². The smallest absolute Gasteiger partial charge is 0.245 e. The van der Waals surface area contributed by atoms with Crippen LogP contribution in [-0.2, 0) is 0 Å². The van der Waals surface area contributed by atoms with E-state index in [1.807, 2.05) is 0 Å². The van der Waals surface area contributed by atoms with Crippen LogP contribution in [0.5, 0.6) is 5.75 Å². The van der Waals surface area contributed by atoms with Gasteiger partial charge in [-0.25, -0.2) is 9.13 Å². The number of fused-ring (bicyclic) bond motifs is 1. The SMILES string of the molecule is CC(C)n1c[n+](C(C)C)c2ccc(OCCCCCCCCCCCO)cc21. The normalized spacial score (nSPS) is 11.8. The Morgan fingerprint density at radius 1 is 0.893 bits per heavy atom. The van der Waals surface area contributed by atoms with Crippen molar-refractivity contribution in [1.29, 1.82) is 0 Å². The summed E-state index contributed by atoms with van der Waals surface area (Å²) in [5.74, 6) is 0.979. The standard InChI is InChI=1S/C24H41N2O2/c1-20(2)25-19-26(21(3)4)24-18-22(14-15-23(24)25)28-17-13-11-9-7-5-6-8-10-12-16-27/h14-15,18-21,27H,5-13,16-17H2,1-4H3/q+1. The molecule has 4 nitrogen and oxygen atoms in total. The van der Waals surface area contributed by atoms with Gasteiger partial charge in [0, 0.05) is 12.7 Å². The zero-order chi connectivity index (χ0) is 20.4. The second-order valence-electron chi connectivity index (χ2n) is 8.52. The van der Waals surface area contributed by atoms with Crippen molar-refractivity contribution in [1.82, 2.24) is 4.57 Å². The van der Waals surface area contributed by atoms with Crippen molar-refractivity contribution in [3.05, 3.63) is 24.5 Å². The quantitative estimate of drug-likeness (QED) is 0.319. The first-order valence-corrected chi connectivity index (χ1v) is 11.3. The fourth-order valence-electron chi connectivity index (χ4n) is 3.74. The topological polar surface area (TPSA) is 38.3 Å². The number of imidazole rings is 1. The van der Waals surface area contributed by atoms with E-state index in [9.17, 15) is 0 Å². The van der Waals surface area contributed by atoms with E-state index in [-0.39, 0.29) is 0 Å². The number of aliphatic hydroxyl groups excluding tert-OH is 1. The number of aliphatic hydroxyl groups is 1. The van der Waals surface area contributed by atoms with Gasteiger partial charge in [-0.1, -0.05) is 44.9 Å². The molecular weight excluding hydrogens is 348 g/mol. The molecule has 1 heterocycles. The largest absolute Gasteiger partial charge is 0.493 e. The number of hydrogen-bond acceptors (Lipinski definition) is 2. The van der Waals surface area contributed by atoms with Crippen LogP contribution in [0.3, 0.4) is 0 Å². The maximum atomic E-state index is 8.77. The molecule has 1 N–H and O–H groups in total. The van der Waals surface area contributed by atoms with Crippen molar-refractivity contribution in [2.75, 3.05) is 13.2 Å². The molecular formula is C24H41N2O2+. The number of unbranched alkanes of at least 4 members (excludes halogenated alkanes) is 8. The van der Waals surface area contributed by atoms with Gasteiger partial charge < -0.3 is 9.84 Å². The molecule has 0 aliphatic rings. The van der Waals surface area contributed by atoms with Crippen LogP contribution in [0.2, 0.25) is 0 Å². The third kappa shape index (κ3) is 6.80. The average Bonchev–Trinajstić information content (AvgIpc) is 3.05. The Morgan fingerprint density at radius 2 is 1.50 bits per heavy atom. The highest BCUT2D eigenvalue weighted by molar-refractivity contribution is 5.74. The number of ether oxygens (including phenoxy) is 1. The van der Waals surface area contributed by atoms with E-state index in [0.717, 1.165) is 25.2 Å². The van der Waals surface area contributed by atoms with Gasteiger partial charge in [0.25, 0.3) is 0 Å². The maximum Gasteiger partial charge on any atom is 0.245 e. The van der Waals surface area contributed by atoms with Crippen LogP contribution < -0.4 is 9.30 Å². The highest BCUT2D eigenvalue weighted by atomic mass is 16.5. The zero-order valence-corrected chi connectivity index (χ0v) is 18.5. The molecule has 0 radical (unpaired) electrons. The molecule has 0 unspecified atom stereocenters. The van der Waals surface area contributed by atoms with Crippen LogP contribution in [0.4, 0.5) is 0 Å². The third-order valence-corrected chi connectivity index (χ3v) is 5.44. The van der Waals surface area contributed by atoms with Gasteiger partial charge in [-0.15, -0.1) is 0 Å². The molecule has 0 saturated carbocycles. The Bertz CT molecular complexity index is 691. The number of rotatable bonds is 14. The lowest BCUT2D eigenvalue weighted by molar-refractivity contribution is -0.692. The molecule has 0 spiro atoms. The molecule has 0 aliphatic carbocycles. The Morgan fingerprint density at radius 3 is 2.07 bits per heavy atom. The van der Waals surface area contributed by atoms with Gasteiger partial charge >= 0.3 is 0 Å². The second-order valence-corrected chi connectivity index (χ2v) is 8.52.